The zero-order valence-electron chi connectivity index (χ0n) is 22.4. The predicted molar refractivity (Wildman–Crippen MR) is 150 cm³/mol. The van der Waals surface area contributed by atoms with E-state index in [2.05, 4.69) is 15.6 Å². The standard InChI is InChI=1S/C31H24F2N4O5/c1-18(19-6-4-3-5-7-19)41-31(40)34-29-28(35-36-37(29)2)21-10-8-20(9-11-21)22-12-15-26(25(33)16-22)42-27-17-23(32)13-14-24(27)30(38)39/h3-18H,1-2H3,(H,34,40)(H,38,39)/t18-/m1/s1. The van der Waals surface area contributed by atoms with E-state index in [0.29, 0.717) is 28.2 Å². The summed E-state index contributed by atoms with van der Waals surface area (Å²) in [5.74, 6) is -3.05. The van der Waals surface area contributed by atoms with Gasteiger partial charge in [-0.1, -0.05) is 65.9 Å². The number of hydrogen-bond acceptors (Lipinski definition) is 6. The van der Waals surface area contributed by atoms with Crippen LogP contribution < -0.4 is 10.1 Å². The number of aryl methyl sites for hydroxylation is 1. The number of carbonyl (C=O) groups is 2. The molecule has 212 valence electrons. The van der Waals surface area contributed by atoms with E-state index in [1.165, 1.54) is 16.8 Å². The summed E-state index contributed by atoms with van der Waals surface area (Å²) >= 11 is 0. The Morgan fingerprint density at radius 3 is 2.26 bits per heavy atom. The lowest BCUT2D eigenvalue weighted by Crippen LogP contribution is -2.18. The van der Waals surface area contributed by atoms with Gasteiger partial charge in [-0.2, -0.15) is 0 Å². The van der Waals surface area contributed by atoms with Crippen molar-refractivity contribution >= 4 is 17.9 Å². The summed E-state index contributed by atoms with van der Waals surface area (Å²) in [6.07, 6.45) is -1.14. The van der Waals surface area contributed by atoms with E-state index >= 15 is 0 Å². The van der Waals surface area contributed by atoms with Crippen molar-refractivity contribution in [1.82, 2.24) is 15.0 Å². The molecule has 0 spiro atoms. The molecule has 0 radical (unpaired) electrons. The summed E-state index contributed by atoms with van der Waals surface area (Å²) in [5.41, 5.74) is 2.78. The summed E-state index contributed by atoms with van der Waals surface area (Å²) in [6, 6.07) is 23.4. The van der Waals surface area contributed by atoms with E-state index in [4.69, 9.17) is 9.47 Å². The third-order valence-corrected chi connectivity index (χ3v) is 6.42. The second kappa shape index (κ2) is 11.9. The molecular weight excluding hydrogens is 546 g/mol. The summed E-state index contributed by atoms with van der Waals surface area (Å²) in [5, 5.41) is 20.2. The molecule has 1 atom stereocenters. The molecule has 0 saturated heterocycles. The molecule has 0 aliphatic heterocycles. The molecule has 11 heteroatoms. The van der Waals surface area contributed by atoms with Gasteiger partial charge in [-0.05, 0) is 47.9 Å². The maximum absolute atomic E-state index is 14.9. The molecule has 0 saturated carbocycles. The van der Waals surface area contributed by atoms with Crippen LogP contribution in [-0.4, -0.2) is 32.2 Å². The molecule has 42 heavy (non-hydrogen) atoms. The highest BCUT2D eigenvalue weighted by molar-refractivity contribution is 5.91. The molecule has 4 aromatic carbocycles. The van der Waals surface area contributed by atoms with Gasteiger partial charge in [-0.25, -0.2) is 23.1 Å². The highest BCUT2D eigenvalue weighted by atomic mass is 19.1. The quantitative estimate of drug-likeness (QED) is 0.202. The summed E-state index contributed by atoms with van der Waals surface area (Å²) < 4.78 is 40.9. The molecule has 1 heterocycles. The van der Waals surface area contributed by atoms with Crippen molar-refractivity contribution in [2.75, 3.05) is 5.32 Å². The van der Waals surface area contributed by atoms with E-state index < -0.39 is 29.8 Å². The first-order valence-corrected chi connectivity index (χ1v) is 12.7. The number of amides is 1. The fraction of sp³-hybridized carbons (Fsp3) is 0.0968. The molecule has 0 aliphatic rings. The number of aromatic nitrogens is 3. The molecule has 5 aromatic rings. The third-order valence-electron chi connectivity index (χ3n) is 6.42. The molecular formula is C31H24F2N4O5. The number of benzene rings is 4. The number of ether oxygens (including phenoxy) is 2. The van der Waals surface area contributed by atoms with Crippen LogP contribution in [0.4, 0.5) is 19.4 Å². The van der Waals surface area contributed by atoms with Crippen LogP contribution in [0.2, 0.25) is 0 Å². The second-order valence-electron chi connectivity index (χ2n) is 9.26. The van der Waals surface area contributed by atoms with Crippen LogP contribution in [0.15, 0.2) is 91.0 Å². The lowest BCUT2D eigenvalue weighted by molar-refractivity contribution is 0.0693. The van der Waals surface area contributed by atoms with Gasteiger partial charge in [0.2, 0.25) is 0 Å². The normalized spacial score (nSPS) is 11.5. The van der Waals surface area contributed by atoms with E-state index in [1.54, 1.807) is 44.3 Å². The van der Waals surface area contributed by atoms with Crippen LogP contribution in [0, 0.1) is 11.6 Å². The van der Waals surface area contributed by atoms with Gasteiger partial charge in [-0.15, -0.1) is 5.10 Å². The van der Waals surface area contributed by atoms with Gasteiger partial charge in [0.15, 0.2) is 17.4 Å². The van der Waals surface area contributed by atoms with Gasteiger partial charge in [0.05, 0.1) is 0 Å². The largest absolute Gasteiger partial charge is 0.478 e. The first kappa shape index (κ1) is 28.0. The lowest BCUT2D eigenvalue weighted by Gasteiger charge is -2.14. The molecule has 2 N–H and O–H groups in total. The minimum absolute atomic E-state index is 0.257. The number of anilines is 1. The number of halogens is 2. The summed E-state index contributed by atoms with van der Waals surface area (Å²) in [7, 11) is 1.64. The fourth-order valence-electron chi connectivity index (χ4n) is 4.23. The van der Waals surface area contributed by atoms with Gasteiger partial charge >= 0.3 is 12.1 Å². The number of carboxylic acid groups (broad SMARTS) is 1. The third kappa shape index (κ3) is 6.09. The van der Waals surface area contributed by atoms with Crippen molar-refractivity contribution in [3.8, 4) is 33.9 Å². The van der Waals surface area contributed by atoms with Crippen LogP contribution in [-0.2, 0) is 11.8 Å². The Morgan fingerprint density at radius 2 is 1.57 bits per heavy atom. The predicted octanol–water partition coefficient (Wildman–Crippen LogP) is 7.23. The number of carboxylic acids is 1. The Kier molecular flexibility index (Phi) is 7.91. The van der Waals surface area contributed by atoms with Crippen LogP contribution in [0.5, 0.6) is 11.5 Å². The fourth-order valence-corrected chi connectivity index (χ4v) is 4.23. The van der Waals surface area contributed by atoms with Gasteiger partial charge in [0, 0.05) is 18.7 Å². The second-order valence-corrected chi connectivity index (χ2v) is 9.26. The lowest BCUT2D eigenvalue weighted by atomic mass is 10.0. The molecule has 0 unspecified atom stereocenters. The first-order valence-electron chi connectivity index (χ1n) is 12.7. The number of nitrogens with one attached hydrogen (secondary N) is 1. The van der Waals surface area contributed by atoms with Crippen LogP contribution >= 0.6 is 0 Å². The number of aromatic carboxylic acids is 1. The molecule has 9 nitrogen and oxygen atoms in total. The number of rotatable bonds is 8. The van der Waals surface area contributed by atoms with Crippen molar-refractivity contribution in [2.24, 2.45) is 7.05 Å². The van der Waals surface area contributed by atoms with Crippen LogP contribution in [0.1, 0.15) is 28.9 Å². The topological polar surface area (TPSA) is 116 Å². The molecule has 0 aliphatic carbocycles. The Morgan fingerprint density at radius 1 is 0.881 bits per heavy atom. The van der Waals surface area contributed by atoms with Crippen molar-refractivity contribution in [3.05, 3.63) is 114 Å². The monoisotopic (exact) mass is 570 g/mol. The van der Waals surface area contributed by atoms with Crippen molar-refractivity contribution in [2.45, 2.75) is 13.0 Å². The van der Waals surface area contributed by atoms with E-state index in [1.807, 2.05) is 30.3 Å². The molecule has 1 amide bonds. The highest BCUT2D eigenvalue weighted by Crippen LogP contribution is 2.33. The molecule has 1 aromatic heterocycles. The minimum Gasteiger partial charge on any atom is -0.478 e. The van der Waals surface area contributed by atoms with Crippen molar-refractivity contribution < 1.29 is 33.0 Å². The van der Waals surface area contributed by atoms with E-state index in [0.717, 1.165) is 23.8 Å². The smallest absolute Gasteiger partial charge is 0.413 e. The zero-order valence-corrected chi connectivity index (χ0v) is 22.4. The number of carbonyl (C=O) groups excluding carboxylic acids is 1. The van der Waals surface area contributed by atoms with E-state index in [9.17, 15) is 23.5 Å². The Bertz CT molecular complexity index is 1760. The first-order chi connectivity index (χ1) is 20.2. The Labute approximate surface area is 239 Å². The molecule has 5 rings (SSSR count). The maximum Gasteiger partial charge on any atom is 0.413 e. The van der Waals surface area contributed by atoms with Crippen molar-refractivity contribution in [3.63, 3.8) is 0 Å². The summed E-state index contributed by atoms with van der Waals surface area (Å²) in [4.78, 5) is 24.0. The van der Waals surface area contributed by atoms with E-state index in [-0.39, 0.29) is 17.1 Å². The van der Waals surface area contributed by atoms with Gasteiger partial charge in [0.25, 0.3) is 0 Å². The number of nitrogens with zero attached hydrogens (tertiary/aromatic N) is 3. The average Bonchev–Trinajstić information content (AvgIpc) is 3.33. The van der Waals surface area contributed by atoms with Crippen LogP contribution in [0.3, 0.4) is 0 Å². The van der Waals surface area contributed by atoms with Crippen molar-refractivity contribution in [1.29, 1.82) is 0 Å². The van der Waals surface area contributed by atoms with Gasteiger partial charge in [-0.3, -0.25) is 5.32 Å². The summed E-state index contributed by atoms with van der Waals surface area (Å²) in [6.45, 7) is 1.77. The SMILES string of the molecule is C[C@@H](OC(=O)Nc1c(-c2ccc(-c3ccc(Oc4cc(F)ccc4C(=O)O)c(F)c3)cc2)nnn1C)c1ccccc1. The van der Waals surface area contributed by atoms with Gasteiger partial charge < -0.3 is 14.6 Å². The highest BCUT2D eigenvalue weighted by Gasteiger charge is 2.19. The zero-order chi connectivity index (χ0) is 29.8. The molecule has 0 fully saturated rings. The Hall–Kier alpha value is -5.58. The maximum atomic E-state index is 14.9. The van der Waals surface area contributed by atoms with Gasteiger partial charge in [0.1, 0.15) is 28.9 Å². The van der Waals surface area contributed by atoms with Crippen LogP contribution in [0.25, 0.3) is 22.4 Å². The molecule has 0 bridgehead atoms. The Balaban J connectivity index is 1.31. The average molecular weight is 571 g/mol. The number of hydrogen-bond donors (Lipinski definition) is 2. The minimum atomic E-state index is -1.33.